The van der Waals surface area contributed by atoms with Gasteiger partial charge in [0.1, 0.15) is 5.60 Å². The lowest BCUT2D eigenvalue weighted by Crippen LogP contribution is -2.23. The third-order valence-corrected chi connectivity index (χ3v) is 2.77. The van der Waals surface area contributed by atoms with Crippen molar-refractivity contribution in [2.24, 2.45) is 0 Å². The number of hydrogen-bond donors (Lipinski definition) is 2. The van der Waals surface area contributed by atoms with Gasteiger partial charge in [0.05, 0.1) is 6.10 Å². The Hall–Kier alpha value is -0.380. The first-order chi connectivity index (χ1) is 4.67. The Morgan fingerprint density at radius 1 is 1.50 bits per heavy atom. The molecule has 0 radical (unpaired) electrons. The van der Waals surface area contributed by atoms with Crippen molar-refractivity contribution in [3.63, 3.8) is 0 Å². The summed E-state index contributed by atoms with van der Waals surface area (Å²) >= 11 is 1.56. The standard InChI is InChI=1S/C7H8O2S/c1-4(8)7(9)5-2-10-3-6(5)7/h2-4,8-9H,1H3. The molecule has 0 bridgehead atoms. The van der Waals surface area contributed by atoms with Crippen molar-refractivity contribution in [1.82, 2.24) is 0 Å². The van der Waals surface area contributed by atoms with E-state index in [9.17, 15) is 5.11 Å². The van der Waals surface area contributed by atoms with Gasteiger partial charge in [-0.3, -0.25) is 0 Å². The molecule has 2 N–H and O–H groups in total. The number of aliphatic hydroxyl groups is 2. The van der Waals surface area contributed by atoms with Gasteiger partial charge in [0.15, 0.2) is 0 Å². The van der Waals surface area contributed by atoms with Gasteiger partial charge < -0.3 is 10.2 Å². The van der Waals surface area contributed by atoms with Crippen molar-refractivity contribution in [2.45, 2.75) is 18.6 Å². The molecule has 2 nitrogen and oxygen atoms in total. The highest BCUT2D eigenvalue weighted by Crippen LogP contribution is 2.52. The smallest absolute Gasteiger partial charge is 0.142 e. The second kappa shape index (κ2) is 1.61. The van der Waals surface area contributed by atoms with Crippen LogP contribution in [0.15, 0.2) is 10.8 Å². The lowest BCUT2D eigenvalue weighted by molar-refractivity contribution is -0.00338. The highest BCUT2D eigenvalue weighted by atomic mass is 32.1. The summed E-state index contributed by atoms with van der Waals surface area (Å²) < 4.78 is 0. The molecule has 0 aliphatic heterocycles. The molecule has 0 fully saturated rings. The van der Waals surface area contributed by atoms with Crippen LogP contribution >= 0.6 is 11.3 Å². The summed E-state index contributed by atoms with van der Waals surface area (Å²) in [7, 11) is 0. The van der Waals surface area contributed by atoms with Gasteiger partial charge in [-0.05, 0) is 17.7 Å². The number of fused-ring (bicyclic) bond motifs is 1. The fraction of sp³-hybridized carbons (Fsp3) is 0.429. The first-order valence-electron chi connectivity index (χ1n) is 3.15. The maximum Gasteiger partial charge on any atom is 0.142 e. The summed E-state index contributed by atoms with van der Waals surface area (Å²) in [6.45, 7) is 1.60. The normalized spacial score (nSPS) is 21.9. The molecule has 1 unspecified atom stereocenters. The van der Waals surface area contributed by atoms with Gasteiger partial charge in [0.2, 0.25) is 0 Å². The molecule has 1 aliphatic rings. The van der Waals surface area contributed by atoms with E-state index in [1.54, 1.807) is 18.3 Å². The lowest BCUT2D eigenvalue weighted by Gasteiger charge is -2.11. The zero-order valence-electron chi connectivity index (χ0n) is 5.53. The topological polar surface area (TPSA) is 40.5 Å². The van der Waals surface area contributed by atoms with Crippen molar-refractivity contribution in [3.05, 3.63) is 21.9 Å². The first kappa shape index (κ1) is 6.34. The SMILES string of the molecule is CC(O)C1(O)c2cscc21. The summed E-state index contributed by atoms with van der Waals surface area (Å²) in [6, 6.07) is 0. The van der Waals surface area contributed by atoms with E-state index in [0.29, 0.717) is 0 Å². The van der Waals surface area contributed by atoms with E-state index >= 15 is 0 Å². The van der Waals surface area contributed by atoms with Crippen LogP contribution in [0.3, 0.4) is 0 Å². The average molecular weight is 156 g/mol. The van der Waals surface area contributed by atoms with Gasteiger partial charge in [-0.2, -0.15) is 11.3 Å². The minimum absolute atomic E-state index is 0.675. The molecule has 1 atom stereocenters. The lowest BCUT2D eigenvalue weighted by atomic mass is 10.1. The van der Waals surface area contributed by atoms with Crippen LogP contribution in [-0.4, -0.2) is 16.3 Å². The van der Waals surface area contributed by atoms with Gasteiger partial charge in [-0.15, -0.1) is 0 Å². The molecule has 10 heavy (non-hydrogen) atoms. The largest absolute Gasteiger partial charge is 0.390 e. The van der Waals surface area contributed by atoms with Crippen LogP contribution in [-0.2, 0) is 5.60 Å². The third kappa shape index (κ3) is 0.509. The molecule has 0 saturated heterocycles. The summed E-state index contributed by atoms with van der Waals surface area (Å²) in [5, 5.41) is 22.5. The fourth-order valence-electron chi connectivity index (χ4n) is 1.25. The number of rotatable bonds is 1. The Morgan fingerprint density at radius 3 is 2.30 bits per heavy atom. The van der Waals surface area contributed by atoms with E-state index < -0.39 is 11.7 Å². The Labute approximate surface area is 62.7 Å². The summed E-state index contributed by atoms with van der Waals surface area (Å²) in [4.78, 5) is 0. The van der Waals surface area contributed by atoms with Crippen molar-refractivity contribution >= 4 is 11.3 Å². The molecule has 1 aromatic rings. The molecule has 2 rings (SSSR count). The maximum atomic E-state index is 9.59. The van der Waals surface area contributed by atoms with E-state index in [1.165, 1.54) is 0 Å². The van der Waals surface area contributed by atoms with Crippen molar-refractivity contribution < 1.29 is 10.2 Å². The predicted octanol–water partition coefficient (Wildman–Crippen LogP) is 0.678. The van der Waals surface area contributed by atoms with Gasteiger partial charge in [-0.1, -0.05) is 0 Å². The average Bonchev–Trinajstić information content (AvgIpc) is 2.28. The van der Waals surface area contributed by atoms with E-state index in [-0.39, 0.29) is 0 Å². The summed E-state index contributed by atoms with van der Waals surface area (Å²) in [6.07, 6.45) is -0.675. The zero-order chi connectivity index (χ0) is 7.35. The maximum absolute atomic E-state index is 9.59. The quantitative estimate of drug-likeness (QED) is 0.627. The van der Waals surface area contributed by atoms with Crippen LogP contribution in [0.4, 0.5) is 0 Å². The van der Waals surface area contributed by atoms with Crippen LogP contribution in [0.1, 0.15) is 18.1 Å². The van der Waals surface area contributed by atoms with E-state index in [2.05, 4.69) is 0 Å². The Kier molecular flexibility index (Phi) is 1.02. The third-order valence-electron chi connectivity index (χ3n) is 2.03. The monoisotopic (exact) mass is 156 g/mol. The fourth-order valence-corrected chi connectivity index (χ4v) is 2.21. The molecule has 1 heterocycles. The molecule has 0 spiro atoms. The Bertz CT molecular complexity index is 246. The number of aliphatic hydroxyl groups excluding tert-OH is 1. The minimum Gasteiger partial charge on any atom is -0.390 e. The van der Waals surface area contributed by atoms with Crippen LogP contribution in [0, 0.1) is 0 Å². The Balaban J connectivity index is 2.36. The van der Waals surface area contributed by atoms with E-state index in [4.69, 9.17) is 5.11 Å². The van der Waals surface area contributed by atoms with Crippen LogP contribution in [0.5, 0.6) is 0 Å². The predicted molar refractivity (Wildman–Crippen MR) is 39.0 cm³/mol. The molecule has 0 saturated carbocycles. The molecule has 0 aromatic carbocycles. The highest BCUT2D eigenvalue weighted by molar-refractivity contribution is 7.08. The molecular formula is C7H8O2S. The summed E-state index contributed by atoms with van der Waals surface area (Å²) in [5.41, 5.74) is 0.811. The van der Waals surface area contributed by atoms with Gasteiger partial charge in [0, 0.05) is 11.1 Å². The van der Waals surface area contributed by atoms with Crippen molar-refractivity contribution in [3.8, 4) is 0 Å². The van der Waals surface area contributed by atoms with Gasteiger partial charge in [-0.25, -0.2) is 0 Å². The van der Waals surface area contributed by atoms with E-state index in [1.807, 2.05) is 10.8 Å². The zero-order valence-corrected chi connectivity index (χ0v) is 6.35. The molecule has 0 amide bonds. The first-order valence-corrected chi connectivity index (χ1v) is 4.09. The number of hydrogen-bond acceptors (Lipinski definition) is 3. The molecular weight excluding hydrogens is 148 g/mol. The van der Waals surface area contributed by atoms with E-state index in [0.717, 1.165) is 11.1 Å². The van der Waals surface area contributed by atoms with Crippen molar-refractivity contribution in [1.29, 1.82) is 0 Å². The second-order valence-corrected chi connectivity index (χ2v) is 3.39. The highest BCUT2D eigenvalue weighted by Gasteiger charge is 2.53. The summed E-state index contributed by atoms with van der Waals surface area (Å²) in [5.74, 6) is 0. The molecule has 54 valence electrons. The Morgan fingerprint density at radius 2 is 2.00 bits per heavy atom. The molecule has 3 heteroatoms. The minimum atomic E-state index is -0.981. The van der Waals surface area contributed by atoms with Crippen LogP contribution in [0.2, 0.25) is 0 Å². The van der Waals surface area contributed by atoms with Gasteiger partial charge in [0.25, 0.3) is 0 Å². The second-order valence-electron chi connectivity index (χ2n) is 2.64. The van der Waals surface area contributed by atoms with Gasteiger partial charge >= 0.3 is 0 Å². The molecule has 1 aromatic heterocycles. The van der Waals surface area contributed by atoms with Crippen molar-refractivity contribution in [2.75, 3.05) is 0 Å². The number of thiophene rings is 1. The molecule has 1 aliphatic carbocycles. The van der Waals surface area contributed by atoms with Crippen LogP contribution < -0.4 is 0 Å². The van der Waals surface area contributed by atoms with Crippen LogP contribution in [0.25, 0.3) is 0 Å².